The molecule has 3 rings (SSSR count). The molecule has 1 saturated heterocycles. The third kappa shape index (κ3) is 6.61. The Labute approximate surface area is 184 Å². The molecule has 0 saturated carbocycles. The number of carbonyl (C=O) groups excluding carboxylic acids is 1. The molecule has 1 aliphatic rings. The summed E-state index contributed by atoms with van der Waals surface area (Å²) in [5.41, 5.74) is 0.449. The van der Waals surface area contributed by atoms with Gasteiger partial charge in [0, 0.05) is 30.2 Å². The van der Waals surface area contributed by atoms with Crippen LogP contribution in [0.1, 0.15) is 10.4 Å². The molecule has 2 aromatic rings. The highest BCUT2D eigenvalue weighted by atomic mass is 35.5. The van der Waals surface area contributed by atoms with E-state index in [0.29, 0.717) is 42.8 Å². The number of halogens is 3. The summed E-state index contributed by atoms with van der Waals surface area (Å²) in [6.45, 7) is 4.01. The van der Waals surface area contributed by atoms with Gasteiger partial charge in [0.15, 0.2) is 11.6 Å². The molecule has 10 heteroatoms. The van der Waals surface area contributed by atoms with Crippen molar-refractivity contribution in [3.63, 3.8) is 0 Å². The first-order valence-electron chi connectivity index (χ1n) is 9.68. The zero-order chi connectivity index (χ0) is 22.2. The van der Waals surface area contributed by atoms with Crippen molar-refractivity contribution >= 4 is 29.2 Å². The van der Waals surface area contributed by atoms with E-state index in [1.807, 2.05) is 0 Å². The number of nitrogens with zero attached hydrogens (tertiary/aromatic N) is 2. The molecule has 0 unspecified atom stereocenters. The van der Waals surface area contributed by atoms with Gasteiger partial charge in [0.25, 0.3) is 5.91 Å². The van der Waals surface area contributed by atoms with E-state index in [-0.39, 0.29) is 11.5 Å². The van der Waals surface area contributed by atoms with Gasteiger partial charge >= 0.3 is 0 Å². The lowest BCUT2D eigenvalue weighted by molar-refractivity contribution is 0.0394. The molecule has 0 radical (unpaired) electrons. The Hall–Kier alpha value is -2.75. The fourth-order valence-corrected chi connectivity index (χ4v) is 3.13. The standard InChI is InChI=1S/C21H23ClF2N4O3/c1-30-19-5-3-15(22)13-18(19)26-21(25-6-7-28-8-10-31-11-9-28)27-20(29)14-2-4-16(23)17(24)12-14/h2-5,12-13H,6-11H2,1H3,(H2,25,26,27,29). The molecule has 0 bridgehead atoms. The Bertz CT molecular complexity index is 952. The van der Waals surface area contributed by atoms with Crippen LogP contribution in [-0.2, 0) is 4.74 Å². The normalized spacial score (nSPS) is 14.9. The maximum absolute atomic E-state index is 13.5. The molecular formula is C21H23ClF2N4O3. The Morgan fingerprint density at radius 3 is 2.68 bits per heavy atom. The van der Waals surface area contributed by atoms with E-state index in [9.17, 15) is 13.6 Å². The lowest BCUT2D eigenvalue weighted by Gasteiger charge is -2.25. The number of morpholine rings is 1. The van der Waals surface area contributed by atoms with Gasteiger partial charge < -0.3 is 14.8 Å². The van der Waals surface area contributed by atoms with E-state index in [4.69, 9.17) is 21.1 Å². The third-order valence-corrected chi connectivity index (χ3v) is 4.85. The fourth-order valence-electron chi connectivity index (χ4n) is 2.96. The van der Waals surface area contributed by atoms with Crippen LogP contribution in [0.3, 0.4) is 0 Å². The number of amides is 1. The largest absolute Gasteiger partial charge is 0.495 e. The Morgan fingerprint density at radius 1 is 1.19 bits per heavy atom. The molecule has 1 heterocycles. The van der Waals surface area contributed by atoms with Crippen LogP contribution in [-0.4, -0.2) is 63.3 Å². The van der Waals surface area contributed by atoms with E-state index in [1.54, 1.807) is 18.2 Å². The summed E-state index contributed by atoms with van der Waals surface area (Å²) in [6.07, 6.45) is 0. The minimum atomic E-state index is -1.11. The molecule has 2 aromatic carbocycles. The molecule has 1 fully saturated rings. The minimum Gasteiger partial charge on any atom is -0.495 e. The predicted molar refractivity (Wildman–Crippen MR) is 115 cm³/mol. The maximum Gasteiger partial charge on any atom is 0.258 e. The number of rotatable bonds is 6. The van der Waals surface area contributed by atoms with Crippen molar-refractivity contribution in [3.05, 3.63) is 58.6 Å². The average Bonchev–Trinajstić information content (AvgIpc) is 2.76. The molecular weight excluding hydrogens is 430 g/mol. The summed E-state index contributed by atoms with van der Waals surface area (Å²) in [5.74, 6) is -2.16. The number of hydrogen-bond donors (Lipinski definition) is 2. The quantitative estimate of drug-likeness (QED) is 0.520. The first kappa shape index (κ1) is 22.9. The number of aliphatic imine (C=N–C) groups is 1. The van der Waals surface area contributed by atoms with Crippen LogP contribution >= 0.6 is 11.6 Å². The second kappa shape index (κ2) is 11.0. The van der Waals surface area contributed by atoms with Gasteiger partial charge in [0.2, 0.25) is 5.96 Å². The van der Waals surface area contributed by atoms with Gasteiger partial charge in [-0.15, -0.1) is 0 Å². The zero-order valence-electron chi connectivity index (χ0n) is 17.0. The van der Waals surface area contributed by atoms with Gasteiger partial charge in [0.1, 0.15) is 5.75 Å². The number of guanidine groups is 1. The molecule has 0 aromatic heterocycles. The first-order chi connectivity index (χ1) is 15.0. The summed E-state index contributed by atoms with van der Waals surface area (Å²) >= 11 is 6.08. The second-order valence-corrected chi connectivity index (χ2v) is 7.17. The Balaban J connectivity index is 1.77. The van der Waals surface area contributed by atoms with E-state index in [2.05, 4.69) is 20.5 Å². The molecule has 0 atom stereocenters. The van der Waals surface area contributed by atoms with Crippen LogP contribution in [0.2, 0.25) is 5.02 Å². The SMILES string of the molecule is COc1ccc(Cl)cc1NC(=NCCN1CCOCC1)NC(=O)c1ccc(F)c(F)c1. The maximum atomic E-state index is 13.5. The summed E-state index contributed by atoms with van der Waals surface area (Å²) in [7, 11) is 1.50. The molecule has 7 nitrogen and oxygen atoms in total. The number of methoxy groups -OCH3 is 1. The van der Waals surface area contributed by atoms with Crippen LogP contribution < -0.4 is 15.4 Å². The molecule has 1 aliphatic heterocycles. The van der Waals surface area contributed by atoms with Gasteiger partial charge in [-0.05, 0) is 36.4 Å². The zero-order valence-corrected chi connectivity index (χ0v) is 17.7. The highest BCUT2D eigenvalue weighted by Gasteiger charge is 2.15. The number of ether oxygens (including phenoxy) is 2. The summed E-state index contributed by atoms with van der Waals surface area (Å²) in [6, 6.07) is 7.89. The highest BCUT2D eigenvalue weighted by molar-refractivity contribution is 6.31. The van der Waals surface area contributed by atoms with Crippen LogP contribution in [0.25, 0.3) is 0 Å². The van der Waals surface area contributed by atoms with Crippen molar-refractivity contribution < 1.29 is 23.0 Å². The van der Waals surface area contributed by atoms with Gasteiger partial charge in [0.05, 0.1) is 32.6 Å². The average molecular weight is 453 g/mol. The van der Waals surface area contributed by atoms with E-state index >= 15 is 0 Å². The predicted octanol–water partition coefficient (Wildman–Crippen LogP) is 3.16. The minimum absolute atomic E-state index is 0.0420. The van der Waals surface area contributed by atoms with Crippen molar-refractivity contribution in [3.8, 4) is 5.75 Å². The molecule has 0 spiro atoms. The summed E-state index contributed by atoms with van der Waals surface area (Å²) in [5, 5.41) is 6.07. The second-order valence-electron chi connectivity index (χ2n) is 6.74. The van der Waals surface area contributed by atoms with Crippen LogP contribution in [0.15, 0.2) is 41.4 Å². The van der Waals surface area contributed by atoms with Gasteiger partial charge in [-0.2, -0.15) is 0 Å². The van der Waals surface area contributed by atoms with Crippen molar-refractivity contribution in [2.75, 3.05) is 51.8 Å². The van der Waals surface area contributed by atoms with Crippen molar-refractivity contribution in [1.82, 2.24) is 10.2 Å². The van der Waals surface area contributed by atoms with Crippen molar-refractivity contribution in [1.29, 1.82) is 0 Å². The lowest BCUT2D eigenvalue weighted by Crippen LogP contribution is -2.39. The third-order valence-electron chi connectivity index (χ3n) is 4.62. The van der Waals surface area contributed by atoms with Crippen molar-refractivity contribution in [2.24, 2.45) is 4.99 Å². The fraction of sp³-hybridized carbons (Fsp3) is 0.333. The molecule has 166 valence electrons. The van der Waals surface area contributed by atoms with Crippen LogP contribution in [0.5, 0.6) is 5.75 Å². The number of nitrogens with one attached hydrogen (secondary N) is 2. The first-order valence-corrected chi connectivity index (χ1v) is 10.1. The van der Waals surface area contributed by atoms with Crippen molar-refractivity contribution in [2.45, 2.75) is 0 Å². The highest BCUT2D eigenvalue weighted by Crippen LogP contribution is 2.27. The molecule has 2 N–H and O–H groups in total. The summed E-state index contributed by atoms with van der Waals surface area (Å²) in [4.78, 5) is 19.2. The van der Waals surface area contributed by atoms with Crippen LogP contribution in [0.4, 0.5) is 14.5 Å². The lowest BCUT2D eigenvalue weighted by atomic mass is 10.2. The number of carbonyl (C=O) groups is 1. The van der Waals surface area contributed by atoms with Gasteiger partial charge in [-0.3, -0.25) is 20.0 Å². The number of benzene rings is 2. The Morgan fingerprint density at radius 2 is 1.97 bits per heavy atom. The van der Waals surface area contributed by atoms with Crippen LogP contribution in [0, 0.1) is 11.6 Å². The van der Waals surface area contributed by atoms with E-state index in [1.165, 1.54) is 13.2 Å². The number of hydrogen-bond acceptors (Lipinski definition) is 5. The molecule has 0 aliphatic carbocycles. The van der Waals surface area contributed by atoms with Gasteiger partial charge in [-0.1, -0.05) is 11.6 Å². The smallest absolute Gasteiger partial charge is 0.258 e. The van der Waals surface area contributed by atoms with E-state index in [0.717, 1.165) is 25.2 Å². The van der Waals surface area contributed by atoms with E-state index < -0.39 is 17.5 Å². The van der Waals surface area contributed by atoms with Gasteiger partial charge in [-0.25, -0.2) is 8.78 Å². The monoisotopic (exact) mass is 452 g/mol. The Kier molecular flexibility index (Phi) is 8.16. The number of anilines is 1. The molecule has 31 heavy (non-hydrogen) atoms. The summed E-state index contributed by atoms with van der Waals surface area (Å²) < 4.78 is 37.4. The molecule has 1 amide bonds. The topological polar surface area (TPSA) is 75.2 Å².